The van der Waals surface area contributed by atoms with Crippen molar-refractivity contribution < 1.29 is 4.79 Å². The van der Waals surface area contributed by atoms with Crippen LogP contribution in [-0.2, 0) is 4.79 Å². The maximum absolute atomic E-state index is 12.6. The van der Waals surface area contributed by atoms with Gasteiger partial charge in [-0.2, -0.15) is 5.10 Å². The highest BCUT2D eigenvalue weighted by Gasteiger charge is 2.56. The lowest BCUT2D eigenvalue weighted by molar-refractivity contribution is -0.113. The predicted octanol–water partition coefficient (Wildman–Crippen LogP) is 6.29. The Morgan fingerprint density at radius 1 is 0.806 bits per heavy atom. The standard InChI is InChI=1S/C25H21N3OS2/c1-18-23(19(2)29)30-25(27(18)21-14-8-4-9-15-21)28(22-16-10-5-11-17-22)26-24(31-25)20-12-6-3-7-13-20/h3-17H,1-2H3/t25-/m1/s1. The van der Waals surface area contributed by atoms with Gasteiger partial charge in [-0.15, -0.1) is 0 Å². The summed E-state index contributed by atoms with van der Waals surface area (Å²) in [6.45, 7) is 3.66. The van der Waals surface area contributed by atoms with Crippen LogP contribution in [0.2, 0.25) is 0 Å². The van der Waals surface area contributed by atoms with Crippen LogP contribution >= 0.6 is 23.5 Å². The van der Waals surface area contributed by atoms with Gasteiger partial charge < -0.3 is 4.90 Å². The van der Waals surface area contributed by atoms with Gasteiger partial charge in [-0.3, -0.25) is 4.79 Å². The molecule has 2 aliphatic heterocycles. The maximum atomic E-state index is 12.6. The first-order valence-electron chi connectivity index (χ1n) is 10.0. The molecule has 2 aliphatic rings. The molecule has 2 heterocycles. The van der Waals surface area contributed by atoms with Crippen molar-refractivity contribution >= 4 is 45.7 Å². The average molecular weight is 444 g/mol. The van der Waals surface area contributed by atoms with Gasteiger partial charge in [-0.1, -0.05) is 78.5 Å². The van der Waals surface area contributed by atoms with E-state index in [9.17, 15) is 4.79 Å². The molecular formula is C25H21N3OS2. The summed E-state index contributed by atoms with van der Waals surface area (Å²) in [5, 5.41) is 8.06. The third kappa shape index (κ3) is 3.36. The third-order valence-electron chi connectivity index (χ3n) is 5.23. The zero-order valence-corrected chi connectivity index (χ0v) is 18.9. The van der Waals surface area contributed by atoms with Crippen LogP contribution < -0.4 is 9.91 Å². The fourth-order valence-electron chi connectivity index (χ4n) is 3.86. The minimum atomic E-state index is -0.668. The zero-order chi connectivity index (χ0) is 21.4. The SMILES string of the molecule is CC(=O)C1=C(C)N(c2ccccc2)[C@]2(SC(c3ccccc3)=NN2c2ccccc2)S1. The molecule has 0 N–H and O–H groups in total. The largest absolute Gasteiger partial charge is 0.301 e. The molecule has 6 heteroatoms. The van der Waals surface area contributed by atoms with Gasteiger partial charge in [-0.05, 0) is 49.9 Å². The molecule has 1 atom stereocenters. The summed E-state index contributed by atoms with van der Waals surface area (Å²) < 4.78 is -0.668. The van der Waals surface area contributed by atoms with Gasteiger partial charge in [0.05, 0.1) is 10.6 Å². The number of hydrogen-bond donors (Lipinski definition) is 0. The minimum Gasteiger partial charge on any atom is -0.301 e. The van der Waals surface area contributed by atoms with Crippen LogP contribution in [0.5, 0.6) is 0 Å². The number of Topliss-reactive ketones (excluding diaryl/α,β-unsaturated/α-hetero) is 1. The number of carbonyl (C=O) groups excluding carboxylic acids is 1. The molecule has 0 fully saturated rings. The van der Waals surface area contributed by atoms with Gasteiger partial charge in [0.1, 0.15) is 5.04 Å². The van der Waals surface area contributed by atoms with E-state index in [1.165, 1.54) is 0 Å². The van der Waals surface area contributed by atoms with E-state index in [1.807, 2.05) is 61.5 Å². The molecule has 0 saturated heterocycles. The molecule has 4 nitrogen and oxygen atoms in total. The number of rotatable bonds is 4. The van der Waals surface area contributed by atoms with Crippen LogP contribution in [0.4, 0.5) is 11.4 Å². The van der Waals surface area contributed by atoms with Crippen LogP contribution in [-0.4, -0.2) is 15.2 Å². The van der Waals surface area contributed by atoms with Crippen molar-refractivity contribution in [3.05, 3.63) is 107 Å². The van der Waals surface area contributed by atoms with Crippen LogP contribution in [0.1, 0.15) is 19.4 Å². The maximum Gasteiger partial charge on any atom is 0.245 e. The van der Waals surface area contributed by atoms with E-state index >= 15 is 0 Å². The summed E-state index contributed by atoms with van der Waals surface area (Å²) in [6.07, 6.45) is 0. The first-order chi connectivity index (χ1) is 15.1. The highest BCUT2D eigenvalue weighted by Crippen LogP contribution is 2.60. The van der Waals surface area contributed by atoms with E-state index in [2.05, 4.69) is 46.3 Å². The number of nitrogens with zero attached hydrogens (tertiary/aromatic N) is 3. The predicted molar refractivity (Wildman–Crippen MR) is 132 cm³/mol. The van der Waals surface area contributed by atoms with Gasteiger partial charge in [0.2, 0.25) is 4.33 Å². The Morgan fingerprint density at radius 3 is 1.94 bits per heavy atom. The van der Waals surface area contributed by atoms with Crippen molar-refractivity contribution in [1.29, 1.82) is 0 Å². The summed E-state index contributed by atoms with van der Waals surface area (Å²) >= 11 is 3.25. The molecule has 0 aromatic heterocycles. The van der Waals surface area contributed by atoms with Gasteiger partial charge in [-0.25, -0.2) is 5.01 Å². The van der Waals surface area contributed by atoms with E-state index in [4.69, 9.17) is 5.10 Å². The molecule has 3 aromatic rings. The molecule has 0 radical (unpaired) electrons. The van der Waals surface area contributed by atoms with Crippen molar-refractivity contribution in [3.63, 3.8) is 0 Å². The Morgan fingerprint density at radius 2 is 1.35 bits per heavy atom. The summed E-state index contributed by atoms with van der Waals surface area (Å²) in [4.78, 5) is 15.6. The molecule has 0 amide bonds. The summed E-state index contributed by atoms with van der Waals surface area (Å²) in [5.74, 6) is 0.0714. The second-order valence-corrected chi connectivity index (χ2v) is 9.91. The lowest BCUT2D eigenvalue weighted by Crippen LogP contribution is -2.49. The monoisotopic (exact) mass is 443 g/mol. The van der Waals surface area contributed by atoms with Crippen LogP contribution in [0, 0.1) is 0 Å². The first-order valence-corrected chi connectivity index (χ1v) is 11.7. The molecular weight excluding hydrogens is 422 g/mol. The molecule has 0 saturated carbocycles. The van der Waals surface area contributed by atoms with E-state index in [0.29, 0.717) is 0 Å². The van der Waals surface area contributed by atoms with E-state index in [-0.39, 0.29) is 5.78 Å². The lowest BCUT2D eigenvalue weighted by Gasteiger charge is -2.41. The number of hydrogen-bond acceptors (Lipinski definition) is 6. The van der Waals surface area contributed by atoms with E-state index in [0.717, 1.165) is 32.6 Å². The van der Waals surface area contributed by atoms with Crippen molar-refractivity contribution in [3.8, 4) is 0 Å². The normalized spacial score (nSPS) is 20.5. The Hall–Kier alpha value is -2.96. The molecule has 154 valence electrons. The summed E-state index contributed by atoms with van der Waals surface area (Å²) in [7, 11) is 0. The van der Waals surface area contributed by atoms with Crippen molar-refractivity contribution in [2.75, 3.05) is 9.91 Å². The Labute approximate surface area is 190 Å². The fourth-order valence-corrected chi connectivity index (χ4v) is 6.92. The molecule has 1 spiro atoms. The molecule has 0 unspecified atom stereocenters. The lowest BCUT2D eigenvalue weighted by atomic mass is 10.2. The molecule has 3 aromatic carbocycles. The zero-order valence-electron chi connectivity index (χ0n) is 17.2. The number of benzene rings is 3. The summed E-state index contributed by atoms with van der Waals surface area (Å²) in [5.41, 5.74) is 4.02. The Kier molecular flexibility index (Phi) is 5.12. The number of para-hydroxylation sites is 2. The first kappa shape index (κ1) is 20.0. The minimum absolute atomic E-state index is 0.0714. The molecule has 0 bridgehead atoms. The highest BCUT2D eigenvalue weighted by molar-refractivity contribution is 8.28. The topological polar surface area (TPSA) is 35.9 Å². The van der Waals surface area contributed by atoms with Gasteiger partial charge >= 0.3 is 0 Å². The number of anilines is 2. The quantitative estimate of drug-likeness (QED) is 0.474. The second-order valence-electron chi connectivity index (χ2n) is 7.31. The van der Waals surface area contributed by atoms with Crippen molar-refractivity contribution in [1.82, 2.24) is 0 Å². The molecule has 0 aliphatic carbocycles. The van der Waals surface area contributed by atoms with E-state index < -0.39 is 4.33 Å². The number of carbonyl (C=O) groups is 1. The highest BCUT2D eigenvalue weighted by atomic mass is 32.2. The smallest absolute Gasteiger partial charge is 0.245 e. The van der Waals surface area contributed by atoms with Crippen LogP contribution in [0.25, 0.3) is 0 Å². The van der Waals surface area contributed by atoms with Gasteiger partial charge in [0, 0.05) is 16.9 Å². The van der Waals surface area contributed by atoms with Crippen LogP contribution in [0.3, 0.4) is 0 Å². The number of ketones is 1. The summed E-state index contributed by atoms with van der Waals surface area (Å²) in [6, 6.07) is 30.6. The number of thioether (sulfide) groups is 2. The Balaban J connectivity index is 1.70. The fraction of sp³-hybridized carbons (Fsp3) is 0.120. The van der Waals surface area contributed by atoms with Gasteiger partial charge in [0.25, 0.3) is 0 Å². The van der Waals surface area contributed by atoms with Crippen molar-refractivity contribution in [2.24, 2.45) is 5.10 Å². The van der Waals surface area contributed by atoms with Crippen molar-refractivity contribution in [2.45, 2.75) is 18.2 Å². The van der Waals surface area contributed by atoms with Gasteiger partial charge in [0.15, 0.2) is 5.78 Å². The molecule has 31 heavy (non-hydrogen) atoms. The number of hydrazone groups is 1. The second kappa shape index (κ2) is 7.94. The average Bonchev–Trinajstić information content (AvgIpc) is 3.33. The van der Waals surface area contributed by atoms with E-state index in [1.54, 1.807) is 30.4 Å². The molecule has 5 rings (SSSR count). The third-order valence-corrected chi connectivity index (χ3v) is 8.27. The van der Waals surface area contributed by atoms with Crippen LogP contribution in [0.15, 0.2) is 107 Å². The number of allylic oxidation sites excluding steroid dienone is 2. The Bertz CT molecular complexity index is 1180.